The lowest BCUT2D eigenvalue weighted by Gasteiger charge is -2.27. The number of phenolic OH excluding ortho intramolecular Hbond substituents is 2. The molecule has 0 saturated carbocycles. The fourth-order valence-corrected chi connectivity index (χ4v) is 2.67. The molecule has 1 fully saturated rings. The molecular formula is C12H16BrFN2O2. The first-order valence-corrected chi connectivity index (χ1v) is 6.70. The van der Waals surface area contributed by atoms with Crippen molar-refractivity contribution in [3.8, 4) is 11.5 Å². The molecule has 1 aromatic rings. The van der Waals surface area contributed by atoms with Gasteiger partial charge in [-0.1, -0.05) is 15.9 Å². The predicted molar refractivity (Wildman–Crippen MR) is 70.4 cm³/mol. The summed E-state index contributed by atoms with van der Waals surface area (Å²) in [6, 6.07) is 1.18. The van der Waals surface area contributed by atoms with Gasteiger partial charge in [-0.05, 0) is 12.5 Å². The highest BCUT2D eigenvalue weighted by Gasteiger charge is 2.17. The van der Waals surface area contributed by atoms with Gasteiger partial charge in [-0.25, -0.2) is 4.39 Å². The van der Waals surface area contributed by atoms with E-state index in [-0.39, 0.29) is 5.75 Å². The molecule has 0 bridgehead atoms. The van der Waals surface area contributed by atoms with Crippen LogP contribution in [-0.4, -0.2) is 47.8 Å². The maximum absolute atomic E-state index is 13.2. The molecule has 0 atom stereocenters. The van der Waals surface area contributed by atoms with Crippen LogP contribution in [0.5, 0.6) is 11.5 Å². The van der Waals surface area contributed by atoms with Crippen molar-refractivity contribution in [1.82, 2.24) is 10.2 Å². The fraction of sp³-hybridized carbons (Fsp3) is 0.500. The van der Waals surface area contributed by atoms with E-state index in [4.69, 9.17) is 0 Å². The van der Waals surface area contributed by atoms with E-state index in [1.54, 1.807) is 0 Å². The summed E-state index contributed by atoms with van der Waals surface area (Å²) >= 11 is 3.22. The zero-order valence-electron chi connectivity index (χ0n) is 9.92. The van der Waals surface area contributed by atoms with Crippen molar-refractivity contribution >= 4 is 15.9 Å². The number of halogens is 2. The molecule has 0 amide bonds. The van der Waals surface area contributed by atoms with E-state index in [0.29, 0.717) is 16.5 Å². The van der Waals surface area contributed by atoms with Crippen LogP contribution in [0.1, 0.15) is 5.56 Å². The Morgan fingerprint density at radius 1 is 1.28 bits per heavy atom. The van der Waals surface area contributed by atoms with Crippen LogP contribution in [0.3, 0.4) is 0 Å². The number of nitrogens with one attached hydrogen (secondary N) is 1. The summed E-state index contributed by atoms with van der Waals surface area (Å²) < 4.78 is 13.6. The number of phenols is 2. The summed E-state index contributed by atoms with van der Waals surface area (Å²) in [5.74, 6) is -1.85. The normalized spacial score (nSPS) is 17.0. The number of nitrogens with zero attached hydrogens (tertiary/aromatic N) is 1. The fourth-order valence-electron chi connectivity index (χ4n) is 2.08. The van der Waals surface area contributed by atoms with Crippen molar-refractivity contribution in [3.63, 3.8) is 0 Å². The maximum Gasteiger partial charge on any atom is 0.194 e. The molecule has 0 spiro atoms. The van der Waals surface area contributed by atoms with Crippen LogP contribution in [-0.2, 0) is 6.42 Å². The van der Waals surface area contributed by atoms with Gasteiger partial charge in [-0.2, -0.15) is 0 Å². The van der Waals surface area contributed by atoms with Gasteiger partial charge in [0, 0.05) is 42.8 Å². The van der Waals surface area contributed by atoms with Crippen molar-refractivity contribution < 1.29 is 14.6 Å². The van der Waals surface area contributed by atoms with Gasteiger partial charge in [0.05, 0.1) is 0 Å². The molecule has 1 aliphatic heterocycles. The number of rotatable bonds is 3. The lowest BCUT2D eigenvalue weighted by molar-refractivity contribution is 0.242. The molecule has 2 rings (SSSR count). The predicted octanol–water partition coefficient (Wildman–Crippen LogP) is 1.45. The molecule has 1 heterocycles. The topological polar surface area (TPSA) is 55.7 Å². The van der Waals surface area contributed by atoms with Crippen LogP contribution < -0.4 is 5.32 Å². The highest BCUT2D eigenvalue weighted by molar-refractivity contribution is 9.10. The van der Waals surface area contributed by atoms with E-state index in [9.17, 15) is 14.6 Å². The minimum Gasteiger partial charge on any atom is -0.504 e. The molecule has 1 aliphatic rings. The Morgan fingerprint density at radius 3 is 2.61 bits per heavy atom. The SMILES string of the molecule is Oc1c(F)cc(Br)c(CCN2CCNCC2)c1O. The second kappa shape index (κ2) is 5.86. The maximum atomic E-state index is 13.2. The van der Waals surface area contributed by atoms with Gasteiger partial charge in [-0.15, -0.1) is 0 Å². The quantitative estimate of drug-likeness (QED) is 0.738. The number of hydrogen-bond acceptors (Lipinski definition) is 4. The minimum absolute atomic E-state index is 0.364. The van der Waals surface area contributed by atoms with Gasteiger partial charge in [-0.3, -0.25) is 0 Å². The average molecular weight is 319 g/mol. The Kier molecular flexibility index (Phi) is 4.42. The average Bonchev–Trinajstić information content (AvgIpc) is 2.37. The third-order valence-electron chi connectivity index (χ3n) is 3.17. The standard InChI is InChI=1S/C12H16BrFN2O2/c13-9-7-10(14)12(18)11(17)8(9)1-4-16-5-2-15-3-6-16/h7,15,17-18H,1-6H2. The van der Waals surface area contributed by atoms with Crippen molar-refractivity contribution in [2.45, 2.75) is 6.42 Å². The molecule has 0 aromatic heterocycles. The Balaban J connectivity index is 2.06. The van der Waals surface area contributed by atoms with E-state index in [0.717, 1.165) is 32.7 Å². The van der Waals surface area contributed by atoms with Crippen molar-refractivity contribution in [1.29, 1.82) is 0 Å². The van der Waals surface area contributed by atoms with Crippen LogP contribution in [0.25, 0.3) is 0 Å². The second-order valence-corrected chi connectivity index (χ2v) is 5.21. The van der Waals surface area contributed by atoms with E-state index in [2.05, 4.69) is 26.1 Å². The lowest BCUT2D eigenvalue weighted by Crippen LogP contribution is -2.44. The summed E-state index contributed by atoms with van der Waals surface area (Å²) in [6.07, 6.45) is 0.570. The number of piperazine rings is 1. The highest BCUT2D eigenvalue weighted by Crippen LogP contribution is 2.37. The minimum atomic E-state index is -0.815. The molecule has 6 heteroatoms. The van der Waals surface area contributed by atoms with E-state index in [1.807, 2.05) is 0 Å². The summed E-state index contributed by atoms with van der Waals surface area (Å²) in [5, 5.41) is 22.4. The molecule has 0 unspecified atom stereocenters. The molecule has 0 aliphatic carbocycles. The van der Waals surface area contributed by atoms with E-state index < -0.39 is 11.6 Å². The monoisotopic (exact) mass is 318 g/mol. The molecular weight excluding hydrogens is 303 g/mol. The van der Waals surface area contributed by atoms with Crippen LogP contribution in [0.4, 0.5) is 4.39 Å². The highest BCUT2D eigenvalue weighted by atomic mass is 79.9. The van der Waals surface area contributed by atoms with Gasteiger partial charge < -0.3 is 20.4 Å². The van der Waals surface area contributed by atoms with Gasteiger partial charge in [0.2, 0.25) is 0 Å². The Hall–Kier alpha value is -0.850. The first-order valence-electron chi connectivity index (χ1n) is 5.91. The molecule has 1 saturated heterocycles. The summed E-state index contributed by atoms with van der Waals surface area (Å²) in [4.78, 5) is 2.27. The van der Waals surface area contributed by atoms with Crippen LogP contribution >= 0.6 is 15.9 Å². The zero-order chi connectivity index (χ0) is 13.1. The number of hydrogen-bond donors (Lipinski definition) is 3. The van der Waals surface area contributed by atoms with Gasteiger partial charge in [0.1, 0.15) is 0 Å². The van der Waals surface area contributed by atoms with Crippen molar-refractivity contribution in [2.24, 2.45) is 0 Å². The van der Waals surface area contributed by atoms with Crippen molar-refractivity contribution in [3.05, 3.63) is 21.9 Å². The first kappa shape index (κ1) is 13.6. The molecule has 100 valence electrons. The Labute approximate surface area is 114 Å². The molecule has 0 radical (unpaired) electrons. The summed E-state index contributed by atoms with van der Waals surface area (Å²) in [6.45, 7) is 4.62. The summed E-state index contributed by atoms with van der Waals surface area (Å²) in [7, 11) is 0. The number of benzene rings is 1. The zero-order valence-corrected chi connectivity index (χ0v) is 11.5. The summed E-state index contributed by atoms with van der Waals surface area (Å²) in [5.41, 5.74) is 0.549. The first-order chi connectivity index (χ1) is 8.59. The number of aromatic hydroxyl groups is 2. The van der Waals surface area contributed by atoms with Crippen LogP contribution in [0.15, 0.2) is 10.5 Å². The molecule has 18 heavy (non-hydrogen) atoms. The van der Waals surface area contributed by atoms with E-state index in [1.165, 1.54) is 6.07 Å². The smallest absolute Gasteiger partial charge is 0.194 e. The third-order valence-corrected chi connectivity index (χ3v) is 3.87. The van der Waals surface area contributed by atoms with Gasteiger partial charge in [0.15, 0.2) is 17.3 Å². The Morgan fingerprint density at radius 2 is 1.94 bits per heavy atom. The van der Waals surface area contributed by atoms with Gasteiger partial charge in [0.25, 0.3) is 0 Å². The molecule has 3 N–H and O–H groups in total. The lowest BCUT2D eigenvalue weighted by atomic mass is 10.1. The third kappa shape index (κ3) is 2.93. The van der Waals surface area contributed by atoms with Crippen molar-refractivity contribution in [2.75, 3.05) is 32.7 Å². The van der Waals surface area contributed by atoms with E-state index >= 15 is 0 Å². The molecule has 1 aromatic carbocycles. The van der Waals surface area contributed by atoms with Gasteiger partial charge >= 0.3 is 0 Å². The second-order valence-electron chi connectivity index (χ2n) is 4.36. The van der Waals surface area contributed by atoms with Crippen LogP contribution in [0.2, 0.25) is 0 Å². The largest absolute Gasteiger partial charge is 0.504 e. The van der Waals surface area contributed by atoms with Crippen LogP contribution in [0, 0.1) is 5.82 Å². The molecule has 4 nitrogen and oxygen atoms in total. The Bertz CT molecular complexity index is 437.